The van der Waals surface area contributed by atoms with Crippen LogP contribution in [-0.2, 0) is 0 Å². The zero-order chi connectivity index (χ0) is 20.5. The zero-order valence-corrected chi connectivity index (χ0v) is 17.9. The number of rotatable bonds is 4. The molecule has 0 aliphatic heterocycles. The molecule has 0 aromatic heterocycles. The monoisotopic (exact) mass is 426 g/mol. The van der Waals surface area contributed by atoms with E-state index in [1.165, 1.54) is 35.1 Å². The van der Waals surface area contributed by atoms with Gasteiger partial charge in [-0.3, -0.25) is 0 Å². The van der Waals surface area contributed by atoms with Crippen LogP contribution in [0.1, 0.15) is 24.0 Å². The lowest BCUT2D eigenvalue weighted by Crippen LogP contribution is -1.90. The van der Waals surface area contributed by atoms with E-state index in [9.17, 15) is 0 Å². The molecule has 0 nitrogen and oxygen atoms in total. The summed E-state index contributed by atoms with van der Waals surface area (Å²) in [5, 5.41) is 1.56. The van der Waals surface area contributed by atoms with Gasteiger partial charge in [0, 0.05) is 21.2 Å². The summed E-state index contributed by atoms with van der Waals surface area (Å²) >= 11 is 12.8. The van der Waals surface area contributed by atoms with E-state index in [1.54, 1.807) is 0 Å². The Labute approximate surface area is 187 Å². The maximum absolute atomic E-state index is 6.38. The molecule has 5 rings (SSSR count). The molecule has 4 aromatic rings. The molecule has 0 radical (unpaired) electrons. The Balaban J connectivity index is 1.48. The third kappa shape index (κ3) is 3.81. The Morgan fingerprint density at radius 2 is 0.900 bits per heavy atom. The minimum atomic E-state index is 0.779. The molecule has 0 bridgehead atoms. The lowest BCUT2D eigenvalue weighted by molar-refractivity contribution is 1.50. The van der Waals surface area contributed by atoms with Crippen LogP contribution in [0, 0.1) is 0 Å². The highest BCUT2D eigenvalue weighted by Crippen LogP contribution is 2.41. The summed E-state index contributed by atoms with van der Waals surface area (Å²) in [4.78, 5) is 0. The van der Waals surface area contributed by atoms with Gasteiger partial charge in [0.05, 0.1) is 0 Å². The Morgan fingerprint density at radius 3 is 1.27 bits per heavy atom. The maximum Gasteiger partial charge on any atom is 0.0484 e. The van der Waals surface area contributed by atoms with Gasteiger partial charge in [-0.25, -0.2) is 0 Å². The van der Waals surface area contributed by atoms with Gasteiger partial charge in [0.1, 0.15) is 0 Å². The summed E-state index contributed by atoms with van der Waals surface area (Å²) in [5.41, 5.74) is 9.79. The molecular formula is C28H20Cl2. The van der Waals surface area contributed by atoms with Crippen LogP contribution in [0.3, 0.4) is 0 Å². The smallest absolute Gasteiger partial charge is 0.0484 e. The van der Waals surface area contributed by atoms with Crippen molar-refractivity contribution in [2.75, 3.05) is 0 Å². The van der Waals surface area contributed by atoms with Crippen molar-refractivity contribution < 1.29 is 0 Å². The second-order valence-electron chi connectivity index (χ2n) is 7.59. The molecule has 0 heterocycles. The number of allylic oxidation sites excluding steroid dienone is 1. The van der Waals surface area contributed by atoms with Crippen molar-refractivity contribution in [2.45, 2.75) is 12.8 Å². The Kier molecular flexibility index (Phi) is 5.21. The SMILES string of the molecule is Clc1ccccc1-c1ccc(C(=C2CC2)c2ccc(-c3ccccc3Cl)cc2)cc1. The maximum atomic E-state index is 6.38. The molecule has 4 aromatic carbocycles. The van der Waals surface area contributed by atoms with Crippen molar-refractivity contribution in [3.8, 4) is 22.3 Å². The number of halogens is 2. The van der Waals surface area contributed by atoms with Crippen molar-refractivity contribution >= 4 is 28.8 Å². The molecule has 1 aliphatic rings. The van der Waals surface area contributed by atoms with Gasteiger partial charge >= 0.3 is 0 Å². The van der Waals surface area contributed by atoms with E-state index in [0.29, 0.717) is 0 Å². The van der Waals surface area contributed by atoms with Crippen LogP contribution in [0.4, 0.5) is 0 Å². The van der Waals surface area contributed by atoms with E-state index in [-0.39, 0.29) is 0 Å². The van der Waals surface area contributed by atoms with Gasteiger partial charge < -0.3 is 0 Å². The van der Waals surface area contributed by atoms with E-state index in [1.807, 2.05) is 36.4 Å². The van der Waals surface area contributed by atoms with Crippen LogP contribution in [0.5, 0.6) is 0 Å². The summed E-state index contributed by atoms with van der Waals surface area (Å²) in [6.07, 6.45) is 2.35. The normalized spacial score (nSPS) is 12.7. The van der Waals surface area contributed by atoms with Gasteiger partial charge in [-0.2, -0.15) is 0 Å². The van der Waals surface area contributed by atoms with Crippen molar-refractivity contribution in [3.63, 3.8) is 0 Å². The average Bonchev–Trinajstić information content (AvgIpc) is 3.61. The van der Waals surface area contributed by atoms with Crippen molar-refractivity contribution in [1.29, 1.82) is 0 Å². The first-order valence-corrected chi connectivity index (χ1v) is 10.9. The third-order valence-electron chi connectivity index (χ3n) is 5.57. The topological polar surface area (TPSA) is 0 Å². The second-order valence-corrected chi connectivity index (χ2v) is 8.41. The molecule has 0 atom stereocenters. The third-order valence-corrected chi connectivity index (χ3v) is 6.23. The molecule has 0 N–H and O–H groups in total. The Morgan fingerprint density at radius 1 is 0.500 bits per heavy atom. The predicted molar refractivity (Wildman–Crippen MR) is 129 cm³/mol. The van der Waals surface area contributed by atoms with E-state index >= 15 is 0 Å². The molecule has 0 saturated heterocycles. The summed E-state index contributed by atoms with van der Waals surface area (Å²) < 4.78 is 0. The van der Waals surface area contributed by atoms with Gasteiger partial charge in [0.2, 0.25) is 0 Å². The zero-order valence-electron chi connectivity index (χ0n) is 16.4. The standard InChI is InChI=1S/C28H20Cl2/c29-26-7-3-1-5-24(26)19-9-13-21(14-10-19)28(23-17-18-23)22-15-11-20(12-16-22)25-6-2-4-8-27(25)30/h1-16H,17-18H2. The summed E-state index contributed by atoms with van der Waals surface area (Å²) in [7, 11) is 0. The quantitative estimate of drug-likeness (QED) is 0.305. The van der Waals surface area contributed by atoms with Crippen LogP contribution < -0.4 is 0 Å². The van der Waals surface area contributed by atoms with Crippen LogP contribution in [0.2, 0.25) is 10.0 Å². The van der Waals surface area contributed by atoms with Crippen LogP contribution in [0.15, 0.2) is 103 Å². The van der Waals surface area contributed by atoms with Crippen LogP contribution in [-0.4, -0.2) is 0 Å². The Bertz CT molecular complexity index is 1140. The molecule has 0 spiro atoms. The van der Waals surface area contributed by atoms with E-state index in [2.05, 4.69) is 60.7 Å². The predicted octanol–water partition coefficient (Wildman–Crippen LogP) is 8.92. The molecule has 30 heavy (non-hydrogen) atoms. The first-order chi connectivity index (χ1) is 14.7. The van der Waals surface area contributed by atoms with E-state index in [0.717, 1.165) is 32.3 Å². The highest BCUT2D eigenvalue weighted by Gasteiger charge is 2.20. The molecule has 1 saturated carbocycles. The van der Waals surface area contributed by atoms with Gasteiger partial charge in [0.25, 0.3) is 0 Å². The average molecular weight is 427 g/mol. The number of benzene rings is 4. The first kappa shape index (κ1) is 19.2. The molecule has 0 unspecified atom stereocenters. The second kappa shape index (κ2) is 8.14. The lowest BCUT2D eigenvalue weighted by Gasteiger charge is -2.12. The van der Waals surface area contributed by atoms with Crippen molar-refractivity contribution in [2.24, 2.45) is 0 Å². The summed E-state index contributed by atoms with van der Waals surface area (Å²) in [6, 6.07) is 33.4. The van der Waals surface area contributed by atoms with Crippen LogP contribution >= 0.6 is 23.2 Å². The molecular weight excluding hydrogens is 407 g/mol. The molecule has 146 valence electrons. The minimum Gasteiger partial charge on any atom is -0.0837 e. The van der Waals surface area contributed by atoms with Crippen LogP contribution in [0.25, 0.3) is 27.8 Å². The van der Waals surface area contributed by atoms with Gasteiger partial charge in [-0.05, 0) is 52.8 Å². The summed E-state index contributed by atoms with van der Waals surface area (Å²) in [6.45, 7) is 0. The van der Waals surface area contributed by atoms with E-state index < -0.39 is 0 Å². The molecule has 2 heteroatoms. The van der Waals surface area contributed by atoms with Crippen molar-refractivity contribution in [3.05, 3.63) is 124 Å². The summed E-state index contributed by atoms with van der Waals surface area (Å²) in [5.74, 6) is 0. The fourth-order valence-corrected chi connectivity index (χ4v) is 4.40. The molecule has 1 aliphatic carbocycles. The Hall–Kier alpha value is -2.80. The highest BCUT2D eigenvalue weighted by atomic mass is 35.5. The lowest BCUT2D eigenvalue weighted by atomic mass is 9.93. The molecule has 0 amide bonds. The van der Waals surface area contributed by atoms with E-state index in [4.69, 9.17) is 23.2 Å². The first-order valence-electron chi connectivity index (χ1n) is 10.1. The minimum absolute atomic E-state index is 0.779. The van der Waals surface area contributed by atoms with Crippen molar-refractivity contribution in [1.82, 2.24) is 0 Å². The molecule has 1 fully saturated rings. The van der Waals surface area contributed by atoms with Gasteiger partial charge in [-0.15, -0.1) is 0 Å². The van der Waals surface area contributed by atoms with Gasteiger partial charge in [0.15, 0.2) is 0 Å². The largest absolute Gasteiger partial charge is 0.0837 e. The fraction of sp³-hybridized carbons (Fsp3) is 0.0714. The van der Waals surface area contributed by atoms with Gasteiger partial charge in [-0.1, -0.05) is 114 Å². The fourth-order valence-electron chi connectivity index (χ4n) is 3.91. The number of hydrogen-bond acceptors (Lipinski definition) is 0. The highest BCUT2D eigenvalue weighted by molar-refractivity contribution is 6.33. The number of hydrogen-bond donors (Lipinski definition) is 0.